The van der Waals surface area contributed by atoms with Crippen LogP contribution in [0.5, 0.6) is 5.75 Å². The number of thiophene rings is 1. The van der Waals surface area contributed by atoms with Crippen molar-refractivity contribution in [3.8, 4) is 11.4 Å². The van der Waals surface area contributed by atoms with Gasteiger partial charge in [0.1, 0.15) is 29.7 Å². The van der Waals surface area contributed by atoms with Crippen LogP contribution in [0, 0.1) is 0 Å². The summed E-state index contributed by atoms with van der Waals surface area (Å²) in [5.41, 5.74) is 10.5. The number of amidine groups is 1. The number of ether oxygens (including phenoxy) is 1. The number of hydrogen-bond acceptors (Lipinski definition) is 5. The zero-order chi connectivity index (χ0) is 37.5. The van der Waals surface area contributed by atoms with Gasteiger partial charge in [0.15, 0.2) is 0 Å². The molecule has 0 spiro atoms. The quantitative estimate of drug-likeness (QED) is 0.184. The van der Waals surface area contributed by atoms with E-state index < -0.39 is 0 Å². The number of nitrogens with zero attached hydrogens (tertiary/aromatic N) is 2. The molecule has 3 unspecified atom stereocenters. The molecular weight excluding hydrogens is 717 g/mol. The van der Waals surface area contributed by atoms with Gasteiger partial charge in [-0.05, 0) is 47.9 Å². The van der Waals surface area contributed by atoms with Crippen molar-refractivity contribution < 1.29 is 4.74 Å². The Labute approximate surface area is 333 Å². The van der Waals surface area contributed by atoms with Gasteiger partial charge in [0.05, 0.1) is 11.0 Å². The van der Waals surface area contributed by atoms with Gasteiger partial charge in [-0.15, -0.1) is 11.3 Å². The number of nitrogens with one attached hydrogen (secondary N) is 2. The molecule has 4 heterocycles. The largest absolute Gasteiger partial charge is 0.460 e. The predicted octanol–water partition coefficient (Wildman–Crippen LogP) is 12.3. The second kappa shape index (κ2) is 12.9. The number of rotatable bonds is 5. The first-order valence-corrected chi connectivity index (χ1v) is 20.4. The van der Waals surface area contributed by atoms with E-state index in [-0.39, 0.29) is 18.2 Å². The number of aliphatic imine (C=N–C) groups is 1. The molecule has 3 atom stereocenters. The third-order valence-electron chi connectivity index (χ3n) is 11.8. The summed E-state index contributed by atoms with van der Waals surface area (Å²) in [6, 6.07) is 58.6. The number of fused-ring (bicyclic) bond motifs is 9. The number of benzene rings is 7. The van der Waals surface area contributed by atoms with Crippen molar-refractivity contribution in [1.29, 1.82) is 0 Å². The van der Waals surface area contributed by atoms with E-state index in [1.807, 2.05) is 17.4 Å². The van der Waals surface area contributed by atoms with Crippen LogP contribution in [0.2, 0.25) is 0 Å². The lowest BCUT2D eigenvalue weighted by atomic mass is 9.86. The molecule has 9 aromatic rings. The van der Waals surface area contributed by atoms with Gasteiger partial charge in [0, 0.05) is 70.9 Å². The smallest absolute Gasteiger partial charge is 0.133 e. The average Bonchev–Trinajstić information content (AvgIpc) is 3.96. The summed E-state index contributed by atoms with van der Waals surface area (Å²) in [5, 5.41) is 12.5. The Morgan fingerprint density at radius 1 is 0.649 bits per heavy atom. The molecule has 3 aliphatic rings. The number of allylic oxidation sites excluding steroid dienone is 4. The summed E-state index contributed by atoms with van der Waals surface area (Å²) >= 11 is 1.86. The predicted molar refractivity (Wildman–Crippen MR) is 235 cm³/mol. The molecule has 7 aromatic carbocycles. The molecule has 0 saturated carbocycles. The maximum Gasteiger partial charge on any atom is 0.133 e. The van der Waals surface area contributed by atoms with E-state index in [1.54, 1.807) is 0 Å². The molecule has 0 radical (unpaired) electrons. The van der Waals surface area contributed by atoms with Gasteiger partial charge in [-0.25, -0.2) is 4.99 Å². The van der Waals surface area contributed by atoms with Gasteiger partial charge < -0.3 is 14.6 Å². The molecule has 0 saturated heterocycles. The van der Waals surface area contributed by atoms with E-state index >= 15 is 0 Å². The van der Waals surface area contributed by atoms with Gasteiger partial charge >= 0.3 is 0 Å². The highest BCUT2D eigenvalue weighted by Crippen LogP contribution is 2.51. The molecule has 6 heteroatoms. The first kappa shape index (κ1) is 32.5. The molecule has 2 N–H and O–H groups in total. The van der Waals surface area contributed by atoms with Crippen molar-refractivity contribution in [2.45, 2.75) is 24.7 Å². The van der Waals surface area contributed by atoms with Crippen LogP contribution >= 0.6 is 11.3 Å². The van der Waals surface area contributed by atoms with E-state index in [2.05, 4.69) is 185 Å². The van der Waals surface area contributed by atoms with Gasteiger partial charge in [0.25, 0.3) is 0 Å². The highest BCUT2D eigenvalue weighted by atomic mass is 32.1. The number of para-hydroxylation sites is 2. The van der Waals surface area contributed by atoms with Gasteiger partial charge in [-0.1, -0.05) is 140 Å². The van der Waals surface area contributed by atoms with Crippen molar-refractivity contribution in [2.75, 3.05) is 0 Å². The first-order valence-electron chi connectivity index (χ1n) is 19.6. The summed E-state index contributed by atoms with van der Waals surface area (Å²) in [4.78, 5) is 5.23. The van der Waals surface area contributed by atoms with Gasteiger partial charge in [-0.2, -0.15) is 0 Å². The molecule has 1 aliphatic carbocycles. The first-order chi connectivity index (χ1) is 28.2. The zero-order valence-electron chi connectivity index (χ0n) is 30.9. The van der Waals surface area contributed by atoms with Crippen LogP contribution in [0.1, 0.15) is 52.5 Å². The summed E-state index contributed by atoms with van der Waals surface area (Å²) in [6.45, 7) is 0. The number of aromatic nitrogens is 1. The van der Waals surface area contributed by atoms with Crippen LogP contribution in [0.4, 0.5) is 0 Å². The normalized spacial score (nSPS) is 18.8. The molecule has 0 amide bonds. The van der Waals surface area contributed by atoms with Crippen molar-refractivity contribution in [1.82, 2.24) is 15.2 Å². The fourth-order valence-corrected chi connectivity index (χ4v) is 10.4. The number of hydrogen-bond donors (Lipinski definition) is 2. The van der Waals surface area contributed by atoms with Crippen LogP contribution < -0.4 is 15.4 Å². The van der Waals surface area contributed by atoms with Crippen LogP contribution in [0.15, 0.2) is 187 Å². The van der Waals surface area contributed by atoms with E-state index in [4.69, 9.17) is 9.73 Å². The highest BCUT2D eigenvalue weighted by Gasteiger charge is 2.34. The minimum atomic E-state index is -0.223. The maximum absolute atomic E-state index is 6.95. The average molecular weight is 753 g/mol. The molecule has 272 valence electrons. The molecule has 0 bridgehead atoms. The van der Waals surface area contributed by atoms with Crippen LogP contribution in [0.25, 0.3) is 53.2 Å². The lowest BCUT2D eigenvalue weighted by molar-refractivity contribution is 0.409. The lowest BCUT2D eigenvalue weighted by Gasteiger charge is -2.32. The van der Waals surface area contributed by atoms with Crippen LogP contribution in [0.3, 0.4) is 0 Å². The standard InChI is InChI=1S/C51H36N4OS/c1-3-13-31(14-4-1)49-52-50(32-15-5-2-6-16-32)54-51(53-49)33-25-28-46-42(29-33)41-22-12-21-40(48(41)57-46)39-20-11-19-38-37-27-26-34(30-45(37)56-47(38)39)55-43-23-9-7-17-35(43)36-18-8-10-24-44(36)55/h1-18,20-30,38,49,51,53H,19H2,(H,52,54). The van der Waals surface area contributed by atoms with Crippen molar-refractivity contribution >= 4 is 64.7 Å². The summed E-state index contributed by atoms with van der Waals surface area (Å²) in [6.07, 6.45) is 5.21. The Morgan fingerprint density at radius 3 is 2.19 bits per heavy atom. The maximum atomic E-state index is 6.95. The van der Waals surface area contributed by atoms with Crippen molar-refractivity contribution in [2.24, 2.45) is 4.99 Å². The zero-order valence-corrected chi connectivity index (χ0v) is 31.7. The second-order valence-electron chi connectivity index (χ2n) is 15.1. The van der Waals surface area contributed by atoms with Crippen molar-refractivity contribution in [3.63, 3.8) is 0 Å². The fourth-order valence-electron chi connectivity index (χ4n) is 9.16. The second-order valence-corrected chi connectivity index (χ2v) is 16.2. The monoisotopic (exact) mass is 752 g/mol. The molecule has 2 aromatic heterocycles. The lowest BCUT2D eigenvalue weighted by Crippen LogP contribution is -2.44. The molecular formula is C51H36N4OS. The molecule has 0 fully saturated rings. The fraction of sp³-hybridized carbons (Fsp3) is 0.0784. The summed E-state index contributed by atoms with van der Waals surface area (Å²) in [5.74, 6) is 3.06. The Balaban J connectivity index is 0.932. The van der Waals surface area contributed by atoms with Crippen molar-refractivity contribution in [3.05, 3.63) is 210 Å². The minimum Gasteiger partial charge on any atom is -0.460 e. The third-order valence-corrected chi connectivity index (χ3v) is 13.1. The Bertz CT molecular complexity index is 3100. The van der Waals surface area contributed by atoms with Gasteiger partial charge in [-0.3, -0.25) is 5.32 Å². The summed E-state index contributed by atoms with van der Waals surface area (Å²) < 4.78 is 11.8. The third kappa shape index (κ3) is 5.22. The Hall–Kier alpha value is -6.73. The van der Waals surface area contributed by atoms with E-state index in [0.717, 1.165) is 40.6 Å². The minimum absolute atomic E-state index is 0.0847. The summed E-state index contributed by atoms with van der Waals surface area (Å²) in [7, 11) is 0. The van der Waals surface area contributed by atoms with E-state index in [9.17, 15) is 0 Å². The van der Waals surface area contributed by atoms with E-state index in [0.29, 0.717) is 0 Å². The topological polar surface area (TPSA) is 50.6 Å². The Morgan fingerprint density at radius 2 is 1.39 bits per heavy atom. The molecule has 12 rings (SSSR count). The van der Waals surface area contributed by atoms with Gasteiger partial charge in [0.2, 0.25) is 0 Å². The molecule has 57 heavy (non-hydrogen) atoms. The van der Waals surface area contributed by atoms with Crippen LogP contribution in [-0.4, -0.2) is 10.4 Å². The SMILES string of the molecule is C1=CC(c2cccc3c2sc2ccc(C4N=C(c5ccccc5)NC(c5ccccc5)N4)cc23)=C2Oc3cc(-n4c5ccccc5c5ccccc54)ccc3C2C1. The molecule has 2 aliphatic heterocycles. The van der Waals surface area contributed by atoms with Crippen LogP contribution in [-0.2, 0) is 0 Å². The van der Waals surface area contributed by atoms with E-state index in [1.165, 1.54) is 64.2 Å². The highest BCUT2D eigenvalue weighted by molar-refractivity contribution is 7.26. The Kier molecular flexibility index (Phi) is 7.37. The molecule has 5 nitrogen and oxygen atoms in total.